The summed E-state index contributed by atoms with van der Waals surface area (Å²) in [6.07, 6.45) is 2.00. The molecule has 0 amide bonds. The van der Waals surface area contributed by atoms with Gasteiger partial charge in [-0.25, -0.2) is 0 Å². The number of hydrogen-bond acceptors (Lipinski definition) is 4. The predicted molar refractivity (Wildman–Crippen MR) is 64.0 cm³/mol. The first-order valence-electron chi connectivity index (χ1n) is 5.85. The lowest BCUT2D eigenvalue weighted by Gasteiger charge is -2.23. The van der Waals surface area contributed by atoms with Crippen LogP contribution in [0.3, 0.4) is 0 Å². The molecule has 1 atom stereocenters. The molecule has 1 heterocycles. The fourth-order valence-corrected chi connectivity index (χ4v) is 1.38. The van der Waals surface area contributed by atoms with Crippen molar-refractivity contribution in [3.05, 3.63) is 5.82 Å². The van der Waals surface area contributed by atoms with E-state index in [2.05, 4.69) is 48.4 Å². The molecule has 1 aromatic rings. The molecule has 0 aromatic carbocycles. The van der Waals surface area contributed by atoms with E-state index in [9.17, 15) is 0 Å². The lowest BCUT2D eigenvalue weighted by Crippen LogP contribution is -2.38. The van der Waals surface area contributed by atoms with Gasteiger partial charge in [0.15, 0.2) is 5.82 Å². The van der Waals surface area contributed by atoms with Crippen molar-refractivity contribution < 1.29 is 0 Å². The Kier molecular flexibility index (Phi) is 4.41. The molecule has 5 heteroatoms. The molecular weight excluding hydrogens is 202 g/mol. The molecule has 0 bridgehead atoms. The van der Waals surface area contributed by atoms with E-state index in [4.69, 9.17) is 0 Å². The first-order chi connectivity index (χ1) is 7.37. The van der Waals surface area contributed by atoms with Crippen molar-refractivity contribution in [1.82, 2.24) is 25.5 Å². The SMILES string of the molecule is CC(CCc1nnn(C)n1)CNC(C)(C)C. The smallest absolute Gasteiger partial charge is 0.174 e. The maximum absolute atomic E-state index is 4.17. The van der Waals surface area contributed by atoms with Crippen molar-refractivity contribution in [2.24, 2.45) is 13.0 Å². The molecule has 1 aromatic heterocycles. The number of rotatable bonds is 5. The van der Waals surface area contributed by atoms with Crippen LogP contribution in [0.15, 0.2) is 0 Å². The van der Waals surface area contributed by atoms with E-state index in [0.29, 0.717) is 5.92 Å². The third-order valence-corrected chi connectivity index (χ3v) is 2.39. The van der Waals surface area contributed by atoms with Crippen LogP contribution >= 0.6 is 0 Å². The summed E-state index contributed by atoms with van der Waals surface area (Å²) in [6, 6.07) is 0. The van der Waals surface area contributed by atoms with Crippen molar-refractivity contribution in [1.29, 1.82) is 0 Å². The van der Waals surface area contributed by atoms with Crippen LogP contribution in [0, 0.1) is 5.92 Å². The number of hydrogen-bond donors (Lipinski definition) is 1. The molecule has 0 aliphatic carbocycles. The van der Waals surface area contributed by atoms with Crippen molar-refractivity contribution in [2.75, 3.05) is 6.54 Å². The number of aromatic nitrogens is 4. The molecular formula is C11H23N5. The Morgan fingerprint density at radius 1 is 1.38 bits per heavy atom. The van der Waals surface area contributed by atoms with Crippen LogP contribution in [0.4, 0.5) is 0 Å². The van der Waals surface area contributed by atoms with Gasteiger partial charge in [0.1, 0.15) is 0 Å². The summed E-state index contributed by atoms with van der Waals surface area (Å²) in [4.78, 5) is 1.51. The second-order valence-electron chi connectivity index (χ2n) is 5.47. The minimum atomic E-state index is 0.194. The van der Waals surface area contributed by atoms with E-state index in [0.717, 1.165) is 25.2 Å². The van der Waals surface area contributed by atoms with Crippen molar-refractivity contribution >= 4 is 0 Å². The molecule has 0 spiro atoms. The molecule has 1 rings (SSSR count). The van der Waals surface area contributed by atoms with Gasteiger partial charge in [-0.05, 0) is 44.9 Å². The fourth-order valence-electron chi connectivity index (χ4n) is 1.38. The lowest BCUT2D eigenvalue weighted by molar-refractivity contribution is 0.371. The van der Waals surface area contributed by atoms with E-state index >= 15 is 0 Å². The minimum absolute atomic E-state index is 0.194. The molecule has 1 unspecified atom stereocenters. The number of nitrogens with zero attached hydrogens (tertiary/aromatic N) is 4. The molecule has 92 valence electrons. The van der Waals surface area contributed by atoms with Crippen LogP contribution in [0.25, 0.3) is 0 Å². The Labute approximate surface area is 97.6 Å². The van der Waals surface area contributed by atoms with Gasteiger partial charge in [0.2, 0.25) is 0 Å². The highest BCUT2D eigenvalue weighted by Gasteiger charge is 2.11. The third-order valence-electron chi connectivity index (χ3n) is 2.39. The largest absolute Gasteiger partial charge is 0.312 e. The van der Waals surface area contributed by atoms with E-state index < -0.39 is 0 Å². The topological polar surface area (TPSA) is 55.6 Å². The molecule has 16 heavy (non-hydrogen) atoms. The summed E-state index contributed by atoms with van der Waals surface area (Å²) < 4.78 is 0. The van der Waals surface area contributed by atoms with Gasteiger partial charge in [-0.3, -0.25) is 0 Å². The number of tetrazole rings is 1. The van der Waals surface area contributed by atoms with E-state index in [1.54, 1.807) is 7.05 Å². The minimum Gasteiger partial charge on any atom is -0.312 e. The highest BCUT2D eigenvalue weighted by atomic mass is 15.6. The molecule has 0 fully saturated rings. The van der Waals surface area contributed by atoms with Crippen molar-refractivity contribution in [3.8, 4) is 0 Å². The summed E-state index contributed by atoms with van der Waals surface area (Å²) in [7, 11) is 1.79. The van der Waals surface area contributed by atoms with Crippen molar-refractivity contribution in [3.63, 3.8) is 0 Å². The van der Waals surface area contributed by atoms with E-state index in [1.807, 2.05) is 0 Å². The summed E-state index contributed by atoms with van der Waals surface area (Å²) in [5.74, 6) is 1.47. The van der Waals surface area contributed by atoms with Gasteiger partial charge in [0.25, 0.3) is 0 Å². The Morgan fingerprint density at radius 2 is 2.06 bits per heavy atom. The fraction of sp³-hybridized carbons (Fsp3) is 0.909. The van der Waals surface area contributed by atoms with Crippen LogP contribution in [0.1, 0.15) is 39.9 Å². The Balaban J connectivity index is 2.22. The normalized spacial score (nSPS) is 14.1. The highest BCUT2D eigenvalue weighted by molar-refractivity contribution is 4.79. The van der Waals surface area contributed by atoms with Crippen molar-refractivity contribution in [2.45, 2.75) is 46.1 Å². The number of aryl methyl sites for hydroxylation is 2. The molecule has 1 N–H and O–H groups in total. The first kappa shape index (κ1) is 13.1. The maximum atomic E-state index is 4.17. The summed E-state index contributed by atoms with van der Waals surface area (Å²) in [5.41, 5.74) is 0.194. The van der Waals surface area contributed by atoms with Gasteiger partial charge < -0.3 is 5.32 Å². The van der Waals surface area contributed by atoms with Gasteiger partial charge in [-0.2, -0.15) is 4.80 Å². The van der Waals surface area contributed by atoms with Gasteiger partial charge in [-0.15, -0.1) is 10.2 Å². The van der Waals surface area contributed by atoms with Crippen LogP contribution in [-0.2, 0) is 13.5 Å². The van der Waals surface area contributed by atoms with Gasteiger partial charge in [0, 0.05) is 12.0 Å². The van der Waals surface area contributed by atoms with Crippen LogP contribution in [-0.4, -0.2) is 32.3 Å². The Bertz CT molecular complexity index is 312. The molecule has 0 saturated heterocycles. The second kappa shape index (κ2) is 5.39. The van der Waals surface area contributed by atoms with Crippen LogP contribution in [0.2, 0.25) is 0 Å². The molecule has 0 radical (unpaired) electrons. The first-order valence-corrected chi connectivity index (χ1v) is 5.85. The predicted octanol–water partition coefficient (Wildman–Crippen LogP) is 1.17. The molecule has 0 aliphatic rings. The Morgan fingerprint density at radius 3 is 2.56 bits per heavy atom. The highest BCUT2D eigenvalue weighted by Crippen LogP contribution is 2.07. The van der Waals surface area contributed by atoms with E-state index in [1.165, 1.54) is 4.80 Å². The monoisotopic (exact) mass is 225 g/mol. The second-order valence-corrected chi connectivity index (χ2v) is 5.47. The van der Waals surface area contributed by atoms with E-state index in [-0.39, 0.29) is 5.54 Å². The zero-order valence-corrected chi connectivity index (χ0v) is 11.0. The van der Waals surface area contributed by atoms with Crippen LogP contribution < -0.4 is 5.32 Å². The zero-order chi connectivity index (χ0) is 12.2. The summed E-state index contributed by atoms with van der Waals surface area (Å²) in [5, 5.41) is 15.5. The zero-order valence-electron chi connectivity index (χ0n) is 11.0. The average Bonchev–Trinajstić information content (AvgIpc) is 2.57. The van der Waals surface area contributed by atoms with Gasteiger partial charge in [-0.1, -0.05) is 6.92 Å². The van der Waals surface area contributed by atoms with Gasteiger partial charge in [0.05, 0.1) is 7.05 Å². The summed E-state index contributed by atoms with van der Waals surface area (Å²) in [6.45, 7) is 9.83. The van der Waals surface area contributed by atoms with Gasteiger partial charge >= 0.3 is 0 Å². The maximum Gasteiger partial charge on any atom is 0.174 e. The standard InChI is InChI=1S/C11H23N5/c1-9(8-12-11(2,3)4)6-7-10-13-15-16(5)14-10/h9,12H,6-8H2,1-5H3. The quantitative estimate of drug-likeness (QED) is 0.817. The third kappa shape index (κ3) is 5.21. The summed E-state index contributed by atoms with van der Waals surface area (Å²) >= 11 is 0. The molecule has 5 nitrogen and oxygen atoms in total. The lowest BCUT2D eigenvalue weighted by atomic mass is 10.0. The number of nitrogens with one attached hydrogen (secondary N) is 1. The molecule has 0 saturated carbocycles. The Hall–Kier alpha value is -0.970. The molecule has 0 aliphatic heterocycles. The average molecular weight is 225 g/mol. The van der Waals surface area contributed by atoms with Crippen LogP contribution in [0.5, 0.6) is 0 Å².